The van der Waals surface area contributed by atoms with Crippen molar-refractivity contribution in [2.24, 2.45) is 11.1 Å². The quantitative estimate of drug-likeness (QED) is 0.0224. The number of thioether (sulfide) groups is 2. The molecule has 9 unspecified atom stereocenters. The van der Waals surface area contributed by atoms with Crippen LogP contribution in [0.25, 0.3) is 21.9 Å². The molecule has 0 saturated carbocycles. The maximum atomic E-state index is 12.9. The number of phosphoric acid groups is 3. The molecule has 4 amide bonds. The third kappa shape index (κ3) is 19.4. The fourth-order valence-corrected chi connectivity index (χ4v) is 11.9. The number of amides is 4. The van der Waals surface area contributed by atoms with Crippen LogP contribution in [0, 0.1) is 5.41 Å². The number of carboxylic acid groups (broad SMARTS) is 1. The Morgan fingerprint density at radius 1 is 0.897 bits per heavy atom. The molecule has 78 heavy (non-hydrogen) atoms. The van der Waals surface area contributed by atoms with E-state index >= 15 is 0 Å². The number of anilines is 1. The molecule has 1 fully saturated rings. The van der Waals surface area contributed by atoms with Crippen LogP contribution in [0.1, 0.15) is 44.9 Å². The van der Waals surface area contributed by atoms with Crippen LogP contribution in [0.4, 0.5) is 5.82 Å². The van der Waals surface area contributed by atoms with Gasteiger partial charge in [0.05, 0.1) is 25.6 Å². The Labute approximate surface area is 452 Å². The summed E-state index contributed by atoms with van der Waals surface area (Å²) in [5.74, 6) is -3.55. The summed E-state index contributed by atoms with van der Waals surface area (Å²) >= 11 is 2.15. The Kier molecular flexibility index (Phi) is 23.2. The van der Waals surface area contributed by atoms with E-state index in [-0.39, 0.29) is 60.8 Å². The first-order valence-electron chi connectivity index (χ1n) is 23.2. The standard InChI is InChI=1S/C42H59N10O21P3S2/c1-42(2,20-70-76(67,68)73-75(65,66)69-17-28-34(72-74(62,63)64)33(57)40(71-28)52-22-50-32-36(44)48-21-49-37(32)52)35(58)39(60)46-13-12-29(53)45-14-15-78-41(61)26(43)10-11-30(54)51-27(38(59)47-16-31(55)56)19-77-18-24-8-5-7-23-6-3-4-9-25(23)24/h3-9,21-22,26-28,33-35,40,57-58H,10-20,43H2,1-2H3,(H,45,53)(H,46,60)(H,47,59)(H,51,54)(H,55,56)(H,65,66)(H,67,68)(H2,44,48,49)(H2,62,63,64). The molecule has 1 aliphatic heterocycles. The molecule has 5 rings (SSSR count). The lowest BCUT2D eigenvalue weighted by atomic mass is 9.87. The van der Waals surface area contributed by atoms with Crippen molar-refractivity contribution in [2.45, 2.75) is 81.6 Å². The van der Waals surface area contributed by atoms with Gasteiger partial charge in [-0.1, -0.05) is 68.1 Å². The monoisotopic (exact) mass is 1200 g/mol. The van der Waals surface area contributed by atoms with Gasteiger partial charge in [-0.3, -0.25) is 46.9 Å². The largest absolute Gasteiger partial charge is 0.481 e. The van der Waals surface area contributed by atoms with Crippen LogP contribution in [0.5, 0.6) is 0 Å². The molecule has 0 radical (unpaired) electrons. The van der Waals surface area contributed by atoms with E-state index in [0.717, 1.165) is 45.3 Å². The normalized spacial score (nSPS) is 19.5. The molecule has 430 valence electrons. The summed E-state index contributed by atoms with van der Waals surface area (Å²) in [6.07, 6.45) is -7.63. The number of nitrogens with zero attached hydrogens (tertiary/aromatic N) is 4. The van der Waals surface area contributed by atoms with E-state index in [2.05, 4.69) is 45.1 Å². The van der Waals surface area contributed by atoms with Crippen molar-refractivity contribution in [2.75, 3.05) is 50.1 Å². The highest BCUT2D eigenvalue weighted by molar-refractivity contribution is 8.13. The third-order valence-electron chi connectivity index (χ3n) is 11.2. The second-order valence-electron chi connectivity index (χ2n) is 17.8. The van der Waals surface area contributed by atoms with E-state index in [1.807, 2.05) is 42.5 Å². The van der Waals surface area contributed by atoms with E-state index in [9.17, 15) is 72.2 Å². The van der Waals surface area contributed by atoms with Crippen molar-refractivity contribution in [3.63, 3.8) is 0 Å². The number of nitrogen functional groups attached to an aromatic ring is 1. The summed E-state index contributed by atoms with van der Waals surface area (Å²) in [6.45, 7) is -0.670. The fraction of sp³-hybridized carbons (Fsp3) is 0.500. The number of aromatic nitrogens is 4. The summed E-state index contributed by atoms with van der Waals surface area (Å²) in [5.41, 5.74) is 11.2. The van der Waals surface area contributed by atoms with Crippen molar-refractivity contribution in [1.82, 2.24) is 40.8 Å². The van der Waals surface area contributed by atoms with Gasteiger partial charge in [-0.25, -0.2) is 28.6 Å². The van der Waals surface area contributed by atoms with Crippen LogP contribution < -0.4 is 32.7 Å². The SMILES string of the molecule is CC(C)(COP(=O)(O)OP(=O)(O)OCC1OC(n2cnc3c(N)ncnc32)C(O)C1OP(=O)(O)O)C(O)C(=O)NCCC(=O)NCCSC(=O)C(N)CCC(=O)NC(CSCc1cccc2ccccc12)C(=O)NCC(=O)O. The van der Waals surface area contributed by atoms with E-state index in [0.29, 0.717) is 5.75 Å². The Morgan fingerprint density at radius 3 is 2.32 bits per heavy atom. The van der Waals surface area contributed by atoms with Gasteiger partial charge in [0.1, 0.15) is 48.8 Å². The second kappa shape index (κ2) is 28.4. The number of carboxylic acids is 1. The highest BCUT2D eigenvalue weighted by Crippen LogP contribution is 2.61. The minimum absolute atomic E-state index is 0.00677. The molecule has 9 atom stereocenters. The predicted octanol–water partition coefficient (Wildman–Crippen LogP) is -0.456. The number of phosphoric ester groups is 3. The minimum Gasteiger partial charge on any atom is -0.480 e. The highest BCUT2D eigenvalue weighted by atomic mass is 32.2. The van der Waals surface area contributed by atoms with Crippen LogP contribution >= 0.6 is 47.0 Å². The Hall–Kier alpha value is -5.02. The first-order valence-corrected chi connectivity index (χ1v) is 29.9. The number of benzene rings is 2. The van der Waals surface area contributed by atoms with Crippen molar-refractivity contribution in [3.05, 3.63) is 60.7 Å². The van der Waals surface area contributed by atoms with Crippen LogP contribution in [0.15, 0.2) is 55.1 Å². The van der Waals surface area contributed by atoms with Gasteiger partial charge in [-0.2, -0.15) is 16.1 Å². The van der Waals surface area contributed by atoms with Crippen molar-refractivity contribution >= 4 is 109 Å². The summed E-state index contributed by atoms with van der Waals surface area (Å²) in [5, 5.41) is 42.0. The number of hydrogen-bond donors (Lipinski definition) is 13. The summed E-state index contributed by atoms with van der Waals surface area (Å²) in [6, 6.07) is 11.4. The van der Waals surface area contributed by atoms with E-state index in [4.69, 9.17) is 30.4 Å². The molecule has 31 nitrogen and oxygen atoms in total. The van der Waals surface area contributed by atoms with E-state index < -0.39 is 126 Å². The van der Waals surface area contributed by atoms with Crippen LogP contribution in [0.2, 0.25) is 0 Å². The number of ether oxygens (including phenoxy) is 1. The zero-order chi connectivity index (χ0) is 57.6. The number of nitrogens with one attached hydrogen (secondary N) is 4. The number of nitrogens with two attached hydrogens (primary N) is 2. The Balaban J connectivity index is 0.978. The zero-order valence-electron chi connectivity index (χ0n) is 41.5. The molecule has 0 spiro atoms. The molecule has 0 bridgehead atoms. The lowest BCUT2D eigenvalue weighted by Crippen LogP contribution is -2.49. The van der Waals surface area contributed by atoms with Crippen LogP contribution in [0.3, 0.4) is 0 Å². The lowest BCUT2D eigenvalue weighted by Gasteiger charge is -2.30. The van der Waals surface area contributed by atoms with Gasteiger partial charge in [-0.05, 0) is 22.8 Å². The predicted molar refractivity (Wildman–Crippen MR) is 277 cm³/mol. The van der Waals surface area contributed by atoms with E-state index in [1.165, 1.54) is 25.6 Å². The number of carbonyl (C=O) groups excluding carboxylic acids is 5. The molecule has 2 aromatic heterocycles. The number of aliphatic carboxylic acids is 1. The highest BCUT2D eigenvalue weighted by Gasteiger charge is 2.50. The molecule has 3 heterocycles. The summed E-state index contributed by atoms with van der Waals surface area (Å²) < 4.78 is 62.5. The minimum atomic E-state index is -5.63. The molecule has 4 aromatic rings. The van der Waals surface area contributed by atoms with Gasteiger partial charge in [0.25, 0.3) is 0 Å². The number of imidazole rings is 1. The van der Waals surface area contributed by atoms with Gasteiger partial charge < -0.3 is 72.4 Å². The molecule has 1 saturated heterocycles. The van der Waals surface area contributed by atoms with Gasteiger partial charge in [-0.15, -0.1) is 0 Å². The number of rotatable bonds is 31. The van der Waals surface area contributed by atoms with Crippen molar-refractivity contribution in [1.29, 1.82) is 0 Å². The maximum Gasteiger partial charge on any atom is 0.481 e. The lowest BCUT2D eigenvalue weighted by molar-refractivity contribution is -0.138. The van der Waals surface area contributed by atoms with Crippen LogP contribution in [-0.4, -0.2) is 170 Å². The molecule has 36 heteroatoms. The molecule has 1 aliphatic rings. The molecular formula is C42H59N10O21P3S2. The molecule has 2 aromatic carbocycles. The molecule has 0 aliphatic carbocycles. The fourth-order valence-electron chi connectivity index (χ4n) is 7.23. The number of aliphatic hydroxyl groups is 2. The van der Waals surface area contributed by atoms with Crippen LogP contribution in [-0.2, 0) is 70.8 Å². The molecular weight excluding hydrogens is 1140 g/mol. The average molecular weight is 1200 g/mol. The van der Waals surface area contributed by atoms with Gasteiger partial charge in [0.2, 0.25) is 28.7 Å². The third-order valence-corrected chi connectivity index (χ3v) is 16.4. The second-order valence-corrected chi connectivity index (χ2v) is 24.1. The number of fused-ring (bicyclic) bond motifs is 2. The maximum absolute atomic E-state index is 12.9. The zero-order valence-corrected chi connectivity index (χ0v) is 45.8. The number of hydrogen-bond acceptors (Lipinski definition) is 23. The smallest absolute Gasteiger partial charge is 0.480 e. The average Bonchev–Trinajstić information content (AvgIpc) is 4.00. The van der Waals surface area contributed by atoms with Crippen molar-refractivity contribution < 1.29 is 100.0 Å². The Morgan fingerprint density at radius 2 is 1.60 bits per heavy atom. The number of aliphatic hydroxyl groups excluding tert-OH is 2. The van der Waals surface area contributed by atoms with Gasteiger partial charge >= 0.3 is 29.4 Å². The Bertz CT molecular complexity index is 2930. The summed E-state index contributed by atoms with van der Waals surface area (Å²) in [7, 11) is -16.6. The first kappa shape index (κ1) is 63.8. The topological polar surface area (TPSA) is 485 Å². The van der Waals surface area contributed by atoms with E-state index in [1.54, 1.807) is 0 Å². The summed E-state index contributed by atoms with van der Waals surface area (Å²) in [4.78, 5) is 126. The number of carbonyl (C=O) groups is 6. The first-order chi connectivity index (χ1) is 36.6. The van der Waals surface area contributed by atoms with Crippen molar-refractivity contribution in [3.8, 4) is 0 Å². The van der Waals surface area contributed by atoms with Gasteiger partial charge in [0.15, 0.2) is 17.7 Å². The van der Waals surface area contributed by atoms with Gasteiger partial charge in [0, 0.05) is 48.6 Å². The molecule has 15 N–H and O–H groups in total.